The first kappa shape index (κ1) is 15.0. The van der Waals surface area contributed by atoms with Crippen LogP contribution in [0.3, 0.4) is 0 Å². The van der Waals surface area contributed by atoms with Gasteiger partial charge in [0, 0.05) is 25.5 Å². The maximum atomic E-state index is 11.8. The minimum absolute atomic E-state index is 0.0214. The zero-order valence-corrected chi connectivity index (χ0v) is 11.4. The largest absolute Gasteiger partial charge is 0.481 e. The third kappa shape index (κ3) is 3.70. The van der Waals surface area contributed by atoms with Crippen LogP contribution in [0.4, 0.5) is 0 Å². The molecule has 0 saturated carbocycles. The predicted molar refractivity (Wildman–Crippen MR) is 67.1 cm³/mol. The number of nitrogens with one attached hydrogen (secondary N) is 1. The number of amides is 1. The number of ether oxygens (including phenoxy) is 1. The molecular formula is C13H23NO4. The van der Waals surface area contributed by atoms with Crippen LogP contribution in [-0.4, -0.2) is 36.7 Å². The standard InChI is InChI=1S/C13H23NO4/c1-9(2)13(3,12(16)17)6-11(15)14-7-10-4-5-18-8-10/h9-10H,4-8H2,1-3H3,(H,14,15)(H,16,17). The van der Waals surface area contributed by atoms with Crippen LogP contribution in [0.2, 0.25) is 0 Å². The Bertz CT molecular complexity index is 310. The lowest BCUT2D eigenvalue weighted by Gasteiger charge is -2.28. The van der Waals surface area contributed by atoms with Gasteiger partial charge in [0.2, 0.25) is 5.91 Å². The number of carboxylic acids is 1. The molecule has 5 heteroatoms. The molecule has 1 aliphatic heterocycles. The smallest absolute Gasteiger partial charge is 0.310 e. The number of hydrogen-bond acceptors (Lipinski definition) is 3. The second-order valence-corrected chi connectivity index (χ2v) is 5.59. The van der Waals surface area contributed by atoms with Crippen molar-refractivity contribution in [2.45, 2.75) is 33.6 Å². The molecule has 0 aromatic carbocycles. The van der Waals surface area contributed by atoms with E-state index in [2.05, 4.69) is 5.32 Å². The number of carbonyl (C=O) groups is 2. The highest BCUT2D eigenvalue weighted by Gasteiger charge is 2.38. The van der Waals surface area contributed by atoms with Crippen molar-refractivity contribution < 1.29 is 19.4 Å². The lowest BCUT2D eigenvalue weighted by Crippen LogP contribution is -2.40. The zero-order valence-electron chi connectivity index (χ0n) is 11.4. The van der Waals surface area contributed by atoms with Crippen LogP contribution in [0.1, 0.15) is 33.6 Å². The van der Waals surface area contributed by atoms with E-state index in [0.717, 1.165) is 13.0 Å². The SMILES string of the molecule is CC(C)C(C)(CC(=O)NCC1CCOC1)C(=O)O. The summed E-state index contributed by atoms with van der Waals surface area (Å²) in [6.07, 6.45) is 0.980. The third-order valence-corrected chi connectivity index (χ3v) is 3.90. The molecule has 18 heavy (non-hydrogen) atoms. The summed E-state index contributed by atoms with van der Waals surface area (Å²) >= 11 is 0. The van der Waals surface area contributed by atoms with Crippen molar-refractivity contribution in [1.82, 2.24) is 5.32 Å². The zero-order chi connectivity index (χ0) is 13.8. The van der Waals surface area contributed by atoms with Crippen molar-refractivity contribution in [2.24, 2.45) is 17.3 Å². The van der Waals surface area contributed by atoms with Gasteiger partial charge in [0.05, 0.1) is 12.0 Å². The van der Waals surface area contributed by atoms with Crippen LogP contribution in [0.25, 0.3) is 0 Å². The van der Waals surface area contributed by atoms with Crippen LogP contribution >= 0.6 is 0 Å². The maximum absolute atomic E-state index is 11.8. The summed E-state index contributed by atoms with van der Waals surface area (Å²) in [7, 11) is 0. The lowest BCUT2D eigenvalue weighted by atomic mass is 9.76. The Kier molecular flexibility index (Phi) is 5.14. The third-order valence-electron chi connectivity index (χ3n) is 3.90. The first-order chi connectivity index (χ1) is 8.36. The van der Waals surface area contributed by atoms with Gasteiger partial charge in [-0.3, -0.25) is 9.59 Å². The molecule has 0 aromatic heterocycles. The molecule has 1 saturated heterocycles. The van der Waals surface area contributed by atoms with Gasteiger partial charge in [-0.2, -0.15) is 0 Å². The second-order valence-electron chi connectivity index (χ2n) is 5.59. The number of carbonyl (C=O) groups excluding carboxylic acids is 1. The Morgan fingerprint density at radius 2 is 2.17 bits per heavy atom. The van der Waals surface area contributed by atoms with Gasteiger partial charge < -0.3 is 15.2 Å². The first-order valence-electron chi connectivity index (χ1n) is 6.44. The van der Waals surface area contributed by atoms with E-state index in [9.17, 15) is 14.7 Å². The molecule has 5 nitrogen and oxygen atoms in total. The fourth-order valence-electron chi connectivity index (χ4n) is 1.93. The van der Waals surface area contributed by atoms with E-state index < -0.39 is 11.4 Å². The van der Waals surface area contributed by atoms with E-state index in [4.69, 9.17) is 4.74 Å². The van der Waals surface area contributed by atoms with Crippen LogP contribution in [0, 0.1) is 17.3 Å². The van der Waals surface area contributed by atoms with Crippen LogP contribution in [0.5, 0.6) is 0 Å². The quantitative estimate of drug-likeness (QED) is 0.751. The van der Waals surface area contributed by atoms with Gasteiger partial charge in [0.25, 0.3) is 0 Å². The Morgan fingerprint density at radius 1 is 1.50 bits per heavy atom. The molecule has 104 valence electrons. The molecule has 0 spiro atoms. The van der Waals surface area contributed by atoms with Gasteiger partial charge in [0.15, 0.2) is 0 Å². The Balaban J connectivity index is 2.44. The van der Waals surface area contributed by atoms with E-state index in [1.807, 2.05) is 13.8 Å². The van der Waals surface area contributed by atoms with E-state index in [1.54, 1.807) is 6.92 Å². The highest BCUT2D eigenvalue weighted by Crippen LogP contribution is 2.31. The monoisotopic (exact) mass is 257 g/mol. The lowest BCUT2D eigenvalue weighted by molar-refractivity contribution is -0.153. The van der Waals surface area contributed by atoms with E-state index in [0.29, 0.717) is 19.1 Å². The van der Waals surface area contributed by atoms with E-state index in [1.165, 1.54) is 0 Å². The van der Waals surface area contributed by atoms with Crippen LogP contribution < -0.4 is 5.32 Å². The van der Waals surface area contributed by atoms with Crippen LogP contribution in [0.15, 0.2) is 0 Å². The minimum atomic E-state index is -1.00. The number of carboxylic acid groups (broad SMARTS) is 1. The molecule has 1 fully saturated rings. The molecule has 2 N–H and O–H groups in total. The number of rotatable bonds is 6. The maximum Gasteiger partial charge on any atom is 0.310 e. The van der Waals surface area contributed by atoms with Gasteiger partial charge in [-0.15, -0.1) is 0 Å². The van der Waals surface area contributed by atoms with E-state index in [-0.39, 0.29) is 18.2 Å². The fourth-order valence-corrected chi connectivity index (χ4v) is 1.93. The van der Waals surface area contributed by atoms with Gasteiger partial charge in [-0.05, 0) is 19.3 Å². The topological polar surface area (TPSA) is 75.6 Å². The van der Waals surface area contributed by atoms with Crippen molar-refractivity contribution in [1.29, 1.82) is 0 Å². The summed E-state index contributed by atoms with van der Waals surface area (Å²) in [5, 5.41) is 12.0. The van der Waals surface area contributed by atoms with Crippen molar-refractivity contribution >= 4 is 11.9 Å². The van der Waals surface area contributed by atoms with Crippen molar-refractivity contribution in [3.05, 3.63) is 0 Å². The van der Waals surface area contributed by atoms with E-state index >= 15 is 0 Å². The molecule has 0 bridgehead atoms. The van der Waals surface area contributed by atoms with Crippen molar-refractivity contribution in [2.75, 3.05) is 19.8 Å². The molecule has 1 aliphatic rings. The summed E-state index contributed by atoms with van der Waals surface area (Å²) in [5.74, 6) is -0.836. The summed E-state index contributed by atoms with van der Waals surface area (Å²) in [5.41, 5.74) is -1.00. The normalized spacial score (nSPS) is 22.8. The molecule has 0 aromatic rings. The molecule has 0 radical (unpaired) electrons. The summed E-state index contributed by atoms with van der Waals surface area (Å²) < 4.78 is 5.22. The Labute approximate surface area is 108 Å². The Hall–Kier alpha value is -1.10. The first-order valence-corrected chi connectivity index (χ1v) is 6.44. The van der Waals surface area contributed by atoms with Gasteiger partial charge in [-0.1, -0.05) is 13.8 Å². The highest BCUT2D eigenvalue weighted by atomic mass is 16.5. The average molecular weight is 257 g/mol. The number of aliphatic carboxylic acids is 1. The highest BCUT2D eigenvalue weighted by molar-refractivity contribution is 5.84. The molecule has 2 atom stereocenters. The van der Waals surface area contributed by atoms with Crippen molar-refractivity contribution in [3.63, 3.8) is 0 Å². The second kappa shape index (κ2) is 6.18. The Morgan fingerprint density at radius 3 is 2.61 bits per heavy atom. The fraction of sp³-hybridized carbons (Fsp3) is 0.846. The molecule has 2 unspecified atom stereocenters. The number of hydrogen-bond donors (Lipinski definition) is 2. The predicted octanol–water partition coefficient (Wildman–Crippen LogP) is 1.28. The molecule has 1 amide bonds. The van der Waals surface area contributed by atoms with Crippen molar-refractivity contribution in [3.8, 4) is 0 Å². The molecule has 1 rings (SSSR count). The summed E-state index contributed by atoms with van der Waals surface area (Å²) in [6, 6.07) is 0. The average Bonchev–Trinajstić information content (AvgIpc) is 2.78. The van der Waals surface area contributed by atoms with Gasteiger partial charge >= 0.3 is 5.97 Å². The minimum Gasteiger partial charge on any atom is -0.481 e. The molecule has 1 heterocycles. The van der Waals surface area contributed by atoms with Gasteiger partial charge in [0.1, 0.15) is 0 Å². The summed E-state index contributed by atoms with van der Waals surface area (Å²) in [6.45, 7) is 7.28. The van der Waals surface area contributed by atoms with Gasteiger partial charge in [-0.25, -0.2) is 0 Å². The van der Waals surface area contributed by atoms with Crippen LogP contribution in [-0.2, 0) is 14.3 Å². The summed E-state index contributed by atoms with van der Waals surface area (Å²) in [4.78, 5) is 23.1. The molecule has 0 aliphatic carbocycles. The molecular weight excluding hydrogens is 234 g/mol.